The Labute approximate surface area is 124 Å². The van der Waals surface area contributed by atoms with Crippen LogP contribution in [0, 0.1) is 5.82 Å². The van der Waals surface area contributed by atoms with E-state index in [1.165, 1.54) is 26.0 Å². The summed E-state index contributed by atoms with van der Waals surface area (Å²) in [5.74, 6) is -1.03. The number of anilines is 2. The van der Waals surface area contributed by atoms with Gasteiger partial charge in [0.25, 0.3) is 0 Å². The number of ether oxygens (including phenoxy) is 1. The Bertz CT molecular complexity index is 518. The molecule has 1 aliphatic carbocycles. The van der Waals surface area contributed by atoms with Gasteiger partial charge in [-0.15, -0.1) is 0 Å². The topological polar surface area (TPSA) is 67.6 Å². The van der Waals surface area contributed by atoms with Crippen LogP contribution in [0.1, 0.15) is 30.1 Å². The van der Waals surface area contributed by atoms with Gasteiger partial charge in [-0.2, -0.15) is 0 Å². The molecular formula is C15H22FN3O2. The highest BCUT2D eigenvalue weighted by Crippen LogP contribution is 2.26. The van der Waals surface area contributed by atoms with Gasteiger partial charge in [0.05, 0.1) is 18.4 Å². The normalized spacial score (nSPS) is 14.3. The number of nitrogens with two attached hydrogens (primary N) is 1. The first-order valence-electron chi connectivity index (χ1n) is 7.22. The van der Waals surface area contributed by atoms with Gasteiger partial charge >= 0.3 is 5.97 Å². The number of benzene rings is 1. The maximum Gasteiger partial charge on any atom is 0.340 e. The molecule has 0 aromatic heterocycles. The molecule has 0 bridgehead atoms. The zero-order chi connectivity index (χ0) is 15.4. The smallest absolute Gasteiger partial charge is 0.340 e. The summed E-state index contributed by atoms with van der Waals surface area (Å²) in [5.41, 5.74) is 6.17. The van der Waals surface area contributed by atoms with Gasteiger partial charge in [0, 0.05) is 24.8 Å². The molecule has 1 fully saturated rings. The quantitative estimate of drug-likeness (QED) is 0.595. The Morgan fingerprint density at radius 1 is 1.52 bits per heavy atom. The zero-order valence-electron chi connectivity index (χ0n) is 12.5. The lowest BCUT2D eigenvalue weighted by atomic mass is 10.1. The van der Waals surface area contributed by atoms with E-state index >= 15 is 0 Å². The van der Waals surface area contributed by atoms with Gasteiger partial charge in [0.15, 0.2) is 0 Å². The van der Waals surface area contributed by atoms with Crippen molar-refractivity contribution in [2.24, 2.45) is 0 Å². The number of carbonyl (C=O) groups excluding carboxylic acids is 1. The Balaban J connectivity index is 2.00. The van der Waals surface area contributed by atoms with Gasteiger partial charge in [0.1, 0.15) is 5.82 Å². The molecule has 0 amide bonds. The van der Waals surface area contributed by atoms with Crippen LogP contribution in [0.3, 0.4) is 0 Å². The fourth-order valence-electron chi connectivity index (χ4n) is 2.38. The van der Waals surface area contributed by atoms with E-state index in [4.69, 9.17) is 5.73 Å². The molecule has 2 rings (SSSR count). The monoisotopic (exact) mass is 295 g/mol. The first-order chi connectivity index (χ1) is 10.1. The standard InChI is InChI=1S/C15H22FN3O2/c1-3-19(10-4-5-10)7-6-18-14-8-11(15(20)21-2)13(17)9-12(14)16/h8-10,18H,3-7,17H2,1-2H3. The second kappa shape index (κ2) is 6.76. The average Bonchev–Trinajstić information content (AvgIpc) is 3.29. The van der Waals surface area contributed by atoms with Crippen molar-refractivity contribution in [2.75, 3.05) is 37.8 Å². The number of methoxy groups -OCH3 is 1. The van der Waals surface area contributed by atoms with Gasteiger partial charge < -0.3 is 15.8 Å². The molecule has 0 radical (unpaired) electrons. The summed E-state index contributed by atoms with van der Waals surface area (Å²) in [6.07, 6.45) is 2.49. The number of hydrogen-bond donors (Lipinski definition) is 2. The zero-order valence-corrected chi connectivity index (χ0v) is 12.5. The molecule has 0 heterocycles. The molecule has 0 atom stereocenters. The summed E-state index contributed by atoms with van der Waals surface area (Å²) < 4.78 is 18.5. The highest BCUT2D eigenvalue weighted by Gasteiger charge is 2.27. The van der Waals surface area contributed by atoms with E-state index in [1.807, 2.05) is 0 Å². The Morgan fingerprint density at radius 2 is 2.24 bits per heavy atom. The second-order valence-electron chi connectivity index (χ2n) is 5.20. The Kier molecular flexibility index (Phi) is 5.01. The van der Waals surface area contributed by atoms with Crippen LogP contribution in [-0.2, 0) is 4.74 Å². The third-order valence-electron chi connectivity index (χ3n) is 3.73. The molecule has 5 nitrogen and oxygen atoms in total. The first-order valence-corrected chi connectivity index (χ1v) is 7.22. The largest absolute Gasteiger partial charge is 0.465 e. The Hall–Kier alpha value is -1.82. The summed E-state index contributed by atoms with van der Waals surface area (Å²) in [6.45, 7) is 4.58. The third kappa shape index (κ3) is 3.85. The van der Waals surface area contributed by atoms with E-state index in [-0.39, 0.29) is 16.9 Å². The van der Waals surface area contributed by atoms with Crippen molar-refractivity contribution in [3.63, 3.8) is 0 Å². The SMILES string of the molecule is CCN(CCNc1cc(C(=O)OC)c(N)cc1F)C1CC1. The van der Waals surface area contributed by atoms with Gasteiger partial charge in [-0.1, -0.05) is 6.92 Å². The molecule has 0 unspecified atom stereocenters. The van der Waals surface area contributed by atoms with Crippen LogP contribution in [0.4, 0.5) is 15.8 Å². The molecule has 21 heavy (non-hydrogen) atoms. The van der Waals surface area contributed by atoms with Crippen molar-refractivity contribution < 1.29 is 13.9 Å². The molecule has 1 aromatic carbocycles. The van der Waals surface area contributed by atoms with Crippen LogP contribution in [0.2, 0.25) is 0 Å². The van der Waals surface area contributed by atoms with Gasteiger partial charge in [-0.25, -0.2) is 9.18 Å². The predicted molar refractivity (Wildman–Crippen MR) is 80.9 cm³/mol. The second-order valence-corrected chi connectivity index (χ2v) is 5.20. The minimum Gasteiger partial charge on any atom is -0.465 e. The number of halogens is 1. The van der Waals surface area contributed by atoms with Crippen LogP contribution in [0.15, 0.2) is 12.1 Å². The van der Waals surface area contributed by atoms with Crippen molar-refractivity contribution in [3.05, 3.63) is 23.5 Å². The fourth-order valence-corrected chi connectivity index (χ4v) is 2.38. The molecular weight excluding hydrogens is 273 g/mol. The maximum absolute atomic E-state index is 13.9. The van der Waals surface area contributed by atoms with Crippen LogP contribution in [0.5, 0.6) is 0 Å². The molecule has 1 aromatic rings. The number of likely N-dealkylation sites (N-methyl/N-ethyl adjacent to an activating group) is 1. The number of hydrogen-bond acceptors (Lipinski definition) is 5. The molecule has 116 valence electrons. The predicted octanol–water partition coefficient (Wildman–Crippen LogP) is 2.09. The highest BCUT2D eigenvalue weighted by molar-refractivity contribution is 5.96. The molecule has 1 aliphatic rings. The van der Waals surface area contributed by atoms with Crippen molar-refractivity contribution in [2.45, 2.75) is 25.8 Å². The van der Waals surface area contributed by atoms with E-state index in [0.717, 1.165) is 19.2 Å². The number of nitrogens with zero attached hydrogens (tertiary/aromatic N) is 1. The Morgan fingerprint density at radius 3 is 2.81 bits per heavy atom. The molecule has 0 aliphatic heterocycles. The lowest BCUT2D eigenvalue weighted by Crippen LogP contribution is -2.31. The summed E-state index contributed by atoms with van der Waals surface area (Å²) >= 11 is 0. The van der Waals surface area contributed by atoms with E-state index in [1.54, 1.807) is 0 Å². The molecule has 3 N–H and O–H groups in total. The number of nitrogen functional groups attached to an aromatic ring is 1. The number of carbonyl (C=O) groups is 1. The minimum absolute atomic E-state index is 0.0815. The highest BCUT2D eigenvalue weighted by atomic mass is 19.1. The van der Waals surface area contributed by atoms with E-state index in [9.17, 15) is 9.18 Å². The van der Waals surface area contributed by atoms with Gasteiger partial charge in [-0.3, -0.25) is 4.90 Å². The number of rotatable bonds is 7. The molecule has 1 saturated carbocycles. The number of esters is 1. The van der Waals surface area contributed by atoms with E-state index in [2.05, 4.69) is 21.9 Å². The van der Waals surface area contributed by atoms with Gasteiger partial charge in [0.2, 0.25) is 0 Å². The minimum atomic E-state index is -0.566. The maximum atomic E-state index is 13.9. The van der Waals surface area contributed by atoms with Crippen LogP contribution >= 0.6 is 0 Å². The average molecular weight is 295 g/mol. The van der Waals surface area contributed by atoms with E-state index in [0.29, 0.717) is 12.6 Å². The number of nitrogens with one attached hydrogen (secondary N) is 1. The summed E-state index contributed by atoms with van der Waals surface area (Å²) in [4.78, 5) is 13.9. The van der Waals surface area contributed by atoms with Crippen molar-refractivity contribution >= 4 is 17.3 Å². The summed E-state index contributed by atoms with van der Waals surface area (Å²) in [7, 11) is 1.27. The van der Waals surface area contributed by atoms with Crippen LogP contribution in [0.25, 0.3) is 0 Å². The van der Waals surface area contributed by atoms with Crippen LogP contribution in [-0.4, -0.2) is 43.7 Å². The summed E-state index contributed by atoms with van der Waals surface area (Å²) in [6, 6.07) is 3.23. The molecule has 0 saturated heterocycles. The van der Waals surface area contributed by atoms with Crippen molar-refractivity contribution in [3.8, 4) is 0 Å². The molecule has 6 heteroatoms. The third-order valence-corrected chi connectivity index (χ3v) is 3.73. The van der Waals surface area contributed by atoms with Crippen LogP contribution < -0.4 is 11.1 Å². The summed E-state index contributed by atoms with van der Waals surface area (Å²) in [5, 5.41) is 3.03. The van der Waals surface area contributed by atoms with Gasteiger partial charge in [-0.05, 0) is 31.5 Å². The van der Waals surface area contributed by atoms with Crippen molar-refractivity contribution in [1.82, 2.24) is 4.90 Å². The molecule has 0 spiro atoms. The van der Waals surface area contributed by atoms with E-state index < -0.39 is 11.8 Å². The lowest BCUT2D eigenvalue weighted by Gasteiger charge is -2.20. The fraction of sp³-hybridized carbons (Fsp3) is 0.533. The van der Waals surface area contributed by atoms with Crippen molar-refractivity contribution in [1.29, 1.82) is 0 Å². The first kappa shape index (κ1) is 15.6. The lowest BCUT2D eigenvalue weighted by molar-refractivity contribution is 0.0602.